The molecule has 1 rings (SSSR count). The molecule has 0 aliphatic rings. The molecule has 0 N–H and O–H groups in total. The maximum absolute atomic E-state index is 11.2. The van der Waals surface area contributed by atoms with Crippen LogP contribution in [0.2, 0.25) is 0 Å². The lowest BCUT2D eigenvalue weighted by Crippen LogP contribution is -2.00. The minimum atomic E-state index is -0.377. The smallest absolute Gasteiger partial charge is 0.337 e. The van der Waals surface area contributed by atoms with Crippen LogP contribution in [0.4, 0.5) is 5.69 Å². The van der Waals surface area contributed by atoms with Crippen LogP contribution in [0.3, 0.4) is 0 Å². The van der Waals surface area contributed by atoms with Gasteiger partial charge in [-0.1, -0.05) is 6.07 Å². The van der Waals surface area contributed by atoms with Crippen LogP contribution < -0.4 is 0 Å². The van der Waals surface area contributed by atoms with Gasteiger partial charge in [-0.2, -0.15) is 0 Å². The summed E-state index contributed by atoms with van der Waals surface area (Å²) in [6, 6.07) is 5.16. The van der Waals surface area contributed by atoms with E-state index in [0.717, 1.165) is 5.56 Å². The van der Waals surface area contributed by atoms with Gasteiger partial charge >= 0.3 is 5.97 Å². The quantitative estimate of drug-likeness (QED) is 0.430. The third-order valence-electron chi connectivity index (χ3n) is 1.91. The number of nitrogens with zero attached hydrogens (tertiary/aromatic N) is 2. The van der Waals surface area contributed by atoms with Gasteiger partial charge in [0.05, 0.1) is 18.4 Å². The molecule has 0 heterocycles. The van der Waals surface area contributed by atoms with Crippen LogP contribution in [-0.2, 0) is 4.74 Å². The Hall–Kier alpha value is -1.97. The first kappa shape index (κ1) is 11.1. The van der Waals surface area contributed by atoms with Crippen molar-refractivity contribution in [2.45, 2.75) is 6.92 Å². The maximum Gasteiger partial charge on any atom is 0.337 e. The third-order valence-corrected chi connectivity index (χ3v) is 1.91. The number of ether oxygens (including phenoxy) is 1. The van der Waals surface area contributed by atoms with Crippen molar-refractivity contribution in [3.05, 3.63) is 29.3 Å². The van der Waals surface area contributed by atoms with Crippen LogP contribution in [0.5, 0.6) is 0 Å². The summed E-state index contributed by atoms with van der Waals surface area (Å²) in [6.45, 7) is 5.19. The lowest BCUT2D eigenvalue weighted by molar-refractivity contribution is 0.0601. The van der Waals surface area contributed by atoms with Gasteiger partial charge in [0.25, 0.3) is 0 Å². The number of methoxy groups -OCH3 is 1. The van der Waals surface area contributed by atoms with Crippen LogP contribution in [-0.4, -0.2) is 26.1 Å². The number of hydrogen-bond donors (Lipinski definition) is 0. The van der Waals surface area contributed by atoms with E-state index in [2.05, 4.69) is 21.4 Å². The molecule has 4 heteroatoms. The zero-order valence-electron chi connectivity index (χ0n) is 8.73. The number of esters is 1. The maximum atomic E-state index is 11.2. The Balaban J connectivity index is 3.10. The third kappa shape index (κ3) is 2.74. The molecule has 1 aromatic carbocycles. The molecule has 4 nitrogen and oxygen atoms in total. The minimum Gasteiger partial charge on any atom is -0.465 e. The van der Waals surface area contributed by atoms with Gasteiger partial charge < -0.3 is 4.74 Å². The first-order chi connectivity index (χ1) is 7.19. The highest BCUT2D eigenvalue weighted by Gasteiger charge is 2.06. The van der Waals surface area contributed by atoms with Crippen molar-refractivity contribution >= 4 is 24.7 Å². The second-order valence-electron chi connectivity index (χ2n) is 2.92. The average molecular weight is 204 g/mol. The summed E-state index contributed by atoms with van der Waals surface area (Å²) >= 11 is 0. The van der Waals surface area contributed by atoms with Crippen LogP contribution in [0.15, 0.2) is 28.2 Å². The van der Waals surface area contributed by atoms with Crippen molar-refractivity contribution in [1.82, 2.24) is 0 Å². The second kappa shape index (κ2) is 5.05. The second-order valence-corrected chi connectivity index (χ2v) is 2.92. The van der Waals surface area contributed by atoms with Crippen LogP contribution >= 0.6 is 0 Å². The molecule has 0 spiro atoms. The van der Waals surface area contributed by atoms with E-state index in [4.69, 9.17) is 0 Å². The Kier molecular flexibility index (Phi) is 3.74. The van der Waals surface area contributed by atoms with E-state index in [1.54, 1.807) is 12.1 Å². The monoisotopic (exact) mass is 204 g/mol. The molecular weight excluding hydrogens is 192 g/mol. The molecule has 0 aliphatic heterocycles. The zero-order chi connectivity index (χ0) is 11.3. The molecule has 0 atom stereocenters. The van der Waals surface area contributed by atoms with E-state index < -0.39 is 0 Å². The molecule has 0 aliphatic carbocycles. The van der Waals surface area contributed by atoms with Gasteiger partial charge in [-0.05, 0) is 31.3 Å². The molecule has 0 fully saturated rings. The van der Waals surface area contributed by atoms with E-state index >= 15 is 0 Å². The molecule has 0 aromatic heterocycles. The Morgan fingerprint density at radius 1 is 1.53 bits per heavy atom. The fourth-order valence-corrected chi connectivity index (χ4v) is 1.10. The van der Waals surface area contributed by atoms with Gasteiger partial charge in [0.1, 0.15) is 6.34 Å². The van der Waals surface area contributed by atoms with Gasteiger partial charge in [0.2, 0.25) is 0 Å². The summed E-state index contributed by atoms with van der Waals surface area (Å²) in [4.78, 5) is 18.8. The molecule has 0 amide bonds. The lowest BCUT2D eigenvalue weighted by Gasteiger charge is -2.02. The highest BCUT2D eigenvalue weighted by Crippen LogP contribution is 2.20. The molecule has 0 unspecified atom stereocenters. The molecule has 15 heavy (non-hydrogen) atoms. The topological polar surface area (TPSA) is 51.0 Å². The zero-order valence-corrected chi connectivity index (χ0v) is 8.73. The summed E-state index contributed by atoms with van der Waals surface area (Å²) in [5.74, 6) is -0.377. The Morgan fingerprint density at radius 3 is 2.87 bits per heavy atom. The average Bonchev–Trinajstić information content (AvgIpc) is 2.27. The molecule has 78 valence electrons. The van der Waals surface area contributed by atoms with Gasteiger partial charge in [0, 0.05) is 0 Å². The van der Waals surface area contributed by atoms with Crippen LogP contribution in [0, 0.1) is 6.92 Å². The first-order valence-corrected chi connectivity index (χ1v) is 4.36. The van der Waals surface area contributed by atoms with E-state index in [9.17, 15) is 4.79 Å². The number of hydrogen-bond acceptors (Lipinski definition) is 3. The van der Waals surface area contributed by atoms with Crippen molar-refractivity contribution in [3.63, 3.8) is 0 Å². The van der Waals surface area contributed by atoms with Crippen molar-refractivity contribution < 1.29 is 9.53 Å². The van der Waals surface area contributed by atoms with Crippen molar-refractivity contribution in [1.29, 1.82) is 0 Å². The van der Waals surface area contributed by atoms with Crippen molar-refractivity contribution in [2.24, 2.45) is 9.98 Å². The van der Waals surface area contributed by atoms with Crippen molar-refractivity contribution in [2.75, 3.05) is 7.11 Å². The van der Waals surface area contributed by atoms with Crippen molar-refractivity contribution in [3.8, 4) is 0 Å². The summed E-state index contributed by atoms with van der Waals surface area (Å²) in [7, 11) is 1.34. The highest BCUT2D eigenvalue weighted by molar-refractivity contribution is 5.90. The van der Waals surface area contributed by atoms with Gasteiger partial charge in [-0.15, -0.1) is 0 Å². The van der Waals surface area contributed by atoms with Gasteiger partial charge in [-0.25, -0.2) is 9.79 Å². The standard InChI is InChI=1S/C11H12N2O2/c1-8-4-5-9(11(14)15-3)6-10(8)13-7-12-2/h4-7H,2H2,1,3H3/b13-7-. The summed E-state index contributed by atoms with van der Waals surface area (Å²) in [6.07, 6.45) is 1.34. The van der Waals surface area contributed by atoms with Crippen LogP contribution in [0.25, 0.3) is 0 Å². The number of aliphatic imine (C=N–C) groups is 2. The normalized spacial score (nSPS) is 10.3. The largest absolute Gasteiger partial charge is 0.465 e. The number of carbonyl (C=O) groups is 1. The number of aryl methyl sites for hydroxylation is 1. The van der Waals surface area contributed by atoms with Gasteiger partial charge in [-0.3, -0.25) is 4.99 Å². The molecular formula is C11H12N2O2. The molecule has 0 saturated carbocycles. The Morgan fingerprint density at radius 2 is 2.27 bits per heavy atom. The molecule has 0 bridgehead atoms. The Labute approximate surface area is 88.3 Å². The van der Waals surface area contributed by atoms with E-state index in [1.807, 2.05) is 13.0 Å². The number of benzene rings is 1. The van der Waals surface area contributed by atoms with E-state index in [0.29, 0.717) is 11.3 Å². The summed E-state index contributed by atoms with van der Waals surface area (Å²) in [5.41, 5.74) is 2.12. The number of rotatable bonds is 3. The minimum absolute atomic E-state index is 0.377. The Bertz CT molecular complexity index is 411. The van der Waals surface area contributed by atoms with E-state index in [1.165, 1.54) is 13.4 Å². The lowest BCUT2D eigenvalue weighted by atomic mass is 10.1. The molecule has 0 radical (unpaired) electrons. The molecule has 0 saturated heterocycles. The summed E-state index contributed by atoms with van der Waals surface area (Å²) in [5, 5.41) is 0. The number of carbonyl (C=O) groups excluding carboxylic acids is 1. The first-order valence-electron chi connectivity index (χ1n) is 4.36. The fraction of sp³-hybridized carbons (Fsp3) is 0.182. The van der Waals surface area contributed by atoms with Gasteiger partial charge in [0.15, 0.2) is 0 Å². The van der Waals surface area contributed by atoms with Crippen LogP contribution in [0.1, 0.15) is 15.9 Å². The predicted molar refractivity (Wildman–Crippen MR) is 60.2 cm³/mol. The highest BCUT2D eigenvalue weighted by atomic mass is 16.5. The SMILES string of the molecule is C=N/C=N\c1cc(C(=O)OC)ccc1C. The van der Waals surface area contributed by atoms with E-state index in [-0.39, 0.29) is 5.97 Å². The fourth-order valence-electron chi connectivity index (χ4n) is 1.10. The predicted octanol–water partition coefficient (Wildman–Crippen LogP) is 2.14. The molecule has 1 aromatic rings. The summed E-state index contributed by atoms with van der Waals surface area (Å²) < 4.78 is 4.61.